The van der Waals surface area contributed by atoms with E-state index < -0.39 is 48.1 Å². The first-order valence-electron chi connectivity index (χ1n) is 14.3. The molecule has 2 aliphatic heterocycles. The summed E-state index contributed by atoms with van der Waals surface area (Å²) in [6, 6.07) is 1.98. The van der Waals surface area contributed by atoms with Crippen molar-refractivity contribution in [1.29, 1.82) is 0 Å². The van der Waals surface area contributed by atoms with E-state index in [0.29, 0.717) is 53.3 Å². The number of hydrogen-bond donors (Lipinski definition) is 2. The number of hydrogen-bond acceptors (Lipinski definition) is 7. The molecule has 3 heterocycles. The van der Waals surface area contributed by atoms with Crippen LogP contribution in [0.1, 0.15) is 39.3 Å². The Labute approximate surface area is 255 Å². The Morgan fingerprint density at radius 2 is 1.93 bits per heavy atom. The van der Waals surface area contributed by atoms with E-state index in [1.165, 1.54) is 23.8 Å². The molecule has 5 rings (SSSR count). The second-order valence-corrected chi connectivity index (χ2v) is 11.1. The molecule has 14 heteroatoms. The third kappa shape index (κ3) is 6.37. The third-order valence-corrected chi connectivity index (χ3v) is 8.23. The summed E-state index contributed by atoms with van der Waals surface area (Å²) in [5.74, 6) is -2.50. The van der Waals surface area contributed by atoms with E-state index in [0.717, 1.165) is 11.0 Å². The summed E-state index contributed by atoms with van der Waals surface area (Å²) in [5.41, 5.74) is 1.34. The van der Waals surface area contributed by atoms with Crippen LogP contribution in [0.4, 0.5) is 23.2 Å². The van der Waals surface area contributed by atoms with Crippen LogP contribution in [0, 0.1) is 19.7 Å². The number of halogens is 4. The van der Waals surface area contributed by atoms with Gasteiger partial charge in [0.15, 0.2) is 0 Å². The van der Waals surface area contributed by atoms with E-state index in [9.17, 15) is 32.7 Å². The molecule has 0 spiro atoms. The number of alkyl halides is 3. The number of nitrogens with one attached hydrogen (secondary N) is 1. The zero-order valence-corrected chi connectivity index (χ0v) is 24.8. The number of morpholine rings is 1. The fraction of sp³-hybridized carbons (Fsp3) is 0.419. The van der Waals surface area contributed by atoms with Crippen LogP contribution in [0.3, 0.4) is 0 Å². The molecule has 1 fully saturated rings. The highest BCUT2D eigenvalue weighted by Gasteiger charge is 2.45. The van der Waals surface area contributed by atoms with Crippen molar-refractivity contribution < 1.29 is 41.7 Å². The number of aryl methyl sites for hydroxylation is 2. The van der Waals surface area contributed by atoms with E-state index in [1.54, 1.807) is 26.1 Å². The summed E-state index contributed by atoms with van der Waals surface area (Å²) in [6.45, 7) is 2.75. The summed E-state index contributed by atoms with van der Waals surface area (Å²) in [5, 5.41) is 12.4. The van der Waals surface area contributed by atoms with Crippen LogP contribution in [-0.4, -0.2) is 71.2 Å². The van der Waals surface area contributed by atoms with Crippen molar-refractivity contribution in [1.82, 2.24) is 14.9 Å². The lowest BCUT2D eigenvalue weighted by Crippen LogP contribution is -2.53. The van der Waals surface area contributed by atoms with E-state index in [2.05, 4.69) is 10.3 Å². The minimum absolute atomic E-state index is 0.0179. The highest BCUT2D eigenvalue weighted by atomic mass is 19.4. The Balaban J connectivity index is 1.42. The topological polar surface area (TPSA) is 123 Å². The first-order valence-corrected chi connectivity index (χ1v) is 14.3. The van der Waals surface area contributed by atoms with Crippen LogP contribution in [0.25, 0.3) is 11.1 Å². The molecular weight excluding hydrogens is 600 g/mol. The van der Waals surface area contributed by atoms with Gasteiger partial charge in [0.2, 0.25) is 0 Å². The predicted molar refractivity (Wildman–Crippen MR) is 155 cm³/mol. The van der Waals surface area contributed by atoms with Crippen molar-refractivity contribution in [3.8, 4) is 16.9 Å². The number of rotatable bonds is 7. The smallest absolute Gasteiger partial charge is 0.411 e. The van der Waals surface area contributed by atoms with Gasteiger partial charge in [0.1, 0.15) is 29.5 Å². The van der Waals surface area contributed by atoms with Crippen LogP contribution in [0.5, 0.6) is 5.75 Å². The number of anilines is 1. The molecule has 1 aromatic heterocycles. The van der Waals surface area contributed by atoms with Gasteiger partial charge in [-0.1, -0.05) is 12.1 Å². The number of aromatic nitrogens is 2. The lowest BCUT2D eigenvalue weighted by atomic mass is 9.91. The average Bonchev–Trinajstić information content (AvgIpc) is 2.99. The summed E-state index contributed by atoms with van der Waals surface area (Å²) in [6.07, 6.45) is -2.14. The standard InChI is InChI=1S/C31H32F4N4O6/c1-16-11-19(39-8-10-44-15-25(39)31(33,34)35)13-23(32)26(16)28(40)37-24(30(42)43)12-18-6-7-21(27-20(18)5-4-9-45-27)22-14-36-17(2)38(3)29(22)41/h6-7,11,13-14,24-25H,4-5,8-10,12,15H2,1-3H3,(H,37,40)(H,42,43)/t24-,25+/m0/s1. The van der Waals surface area contributed by atoms with Crippen LogP contribution >= 0.6 is 0 Å². The summed E-state index contributed by atoms with van der Waals surface area (Å²) >= 11 is 0. The molecule has 1 saturated heterocycles. The van der Waals surface area contributed by atoms with Crippen LogP contribution in [-0.2, 0) is 29.4 Å². The van der Waals surface area contributed by atoms with Gasteiger partial charge in [0.25, 0.3) is 11.5 Å². The molecule has 45 heavy (non-hydrogen) atoms. The lowest BCUT2D eigenvalue weighted by Gasteiger charge is -2.38. The van der Waals surface area contributed by atoms with Gasteiger partial charge in [-0.2, -0.15) is 13.2 Å². The summed E-state index contributed by atoms with van der Waals surface area (Å²) in [7, 11) is 1.61. The highest BCUT2D eigenvalue weighted by molar-refractivity contribution is 5.98. The van der Waals surface area contributed by atoms with Crippen LogP contribution in [0.15, 0.2) is 35.3 Å². The molecule has 2 aromatic carbocycles. The Hall–Kier alpha value is -4.46. The average molecular weight is 633 g/mol. The second kappa shape index (κ2) is 12.5. The fourth-order valence-corrected chi connectivity index (χ4v) is 5.76. The minimum atomic E-state index is -4.62. The molecule has 2 atom stereocenters. The Morgan fingerprint density at radius 1 is 1.18 bits per heavy atom. The van der Waals surface area contributed by atoms with Gasteiger partial charge in [-0.3, -0.25) is 14.2 Å². The Bertz CT molecular complexity index is 1680. The molecule has 10 nitrogen and oxygen atoms in total. The van der Waals surface area contributed by atoms with Gasteiger partial charge in [0.05, 0.1) is 30.9 Å². The number of nitrogens with zero attached hydrogens (tertiary/aromatic N) is 3. The first-order chi connectivity index (χ1) is 21.3. The molecule has 1 amide bonds. The monoisotopic (exact) mass is 632 g/mol. The van der Waals surface area contributed by atoms with Gasteiger partial charge in [-0.05, 0) is 55.5 Å². The number of amides is 1. The summed E-state index contributed by atoms with van der Waals surface area (Å²) in [4.78, 5) is 43.7. The van der Waals surface area contributed by atoms with Gasteiger partial charge in [0, 0.05) is 37.5 Å². The van der Waals surface area contributed by atoms with Gasteiger partial charge in [-0.25, -0.2) is 14.2 Å². The molecule has 2 N–H and O–H groups in total. The maximum atomic E-state index is 15.3. The number of carbonyl (C=O) groups excluding carboxylic acids is 1. The third-order valence-electron chi connectivity index (χ3n) is 8.23. The van der Waals surface area contributed by atoms with Crippen molar-refractivity contribution in [2.75, 3.05) is 31.3 Å². The van der Waals surface area contributed by atoms with Crippen LogP contribution in [0.2, 0.25) is 0 Å². The molecule has 240 valence electrons. The SMILES string of the molecule is Cc1cc(N2CCOC[C@@H]2C(F)(F)F)cc(F)c1C(=O)N[C@@H](Cc1ccc(-c2cnc(C)n(C)c2=O)c2c1CCCO2)C(=O)O. The van der Waals surface area contributed by atoms with Crippen molar-refractivity contribution in [3.05, 3.63) is 74.7 Å². The Kier molecular flexibility index (Phi) is 8.88. The zero-order chi connectivity index (χ0) is 32.6. The molecule has 0 unspecified atom stereocenters. The van der Waals surface area contributed by atoms with E-state index in [1.807, 2.05) is 0 Å². The molecule has 2 aliphatic rings. The maximum absolute atomic E-state index is 15.3. The number of benzene rings is 2. The molecule has 0 radical (unpaired) electrons. The number of aliphatic carboxylic acids is 1. The Morgan fingerprint density at radius 3 is 2.62 bits per heavy atom. The normalized spacial score (nSPS) is 17.3. The number of carboxylic acids is 1. The zero-order valence-electron chi connectivity index (χ0n) is 24.8. The summed E-state index contributed by atoms with van der Waals surface area (Å²) < 4.78 is 68.4. The quantitative estimate of drug-likeness (QED) is 0.378. The van der Waals surface area contributed by atoms with Crippen LogP contribution < -0.4 is 20.5 Å². The molecule has 0 saturated carbocycles. The van der Waals surface area contributed by atoms with E-state index in [4.69, 9.17) is 9.47 Å². The molecule has 3 aromatic rings. The highest BCUT2D eigenvalue weighted by Crippen LogP contribution is 2.38. The number of ether oxygens (including phenoxy) is 2. The number of carboxylic acid groups (broad SMARTS) is 1. The fourth-order valence-electron chi connectivity index (χ4n) is 5.76. The van der Waals surface area contributed by atoms with Crippen molar-refractivity contribution in [2.24, 2.45) is 7.05 Å². The lowest BCUT2D eigenvalue weighted by molar-refractivity contribution is -0.167. The van der Waals surface area contributed by atoms with Gasteiger partial charge < -0.3 is 24.8 Å². The number of carbonyl (C=O) groups is 2. The van der Waals surface area contributed by atoms with Crippen molar-refractivity contribution in [3.63, 3.8) is 0 Å². The van der Waals surface area contributed by atoms with E-state index in [-0.39, 0.29) is 36.4 Å². The maximum Gasteiger partial charge on any atom is 0.411 e. The van der Waals surface area contributed by atoms with E-state index >= 15 is 4.39 Å². The number of fused-ring (bicyclic) bond motifs is 1. The van der Waals surface area contributed by atoms with Gasteiger partial charge in [-0.15, -0.1) is 0 Å². The van der Waals surface area contributed by atoms with Gasteiger partial charge >= 0.3 is 12.1 Å². The molecule has 0 aliphatic carbocycles. The van der Waals surface area contributed by atoms with Crippen molar-refractivity contribution >= 4 is 17.6 Å². The minimum Gasteiger partial charge on any atom is -0.493 e. The second-order valence-electron chi connectivity index (χ2n) is 11.1. The first kappa shape index (κ1) is 31.9. The largest absolute Gasteiger partial charge is 0.493 e. The molecule has 0 bridgehead atoms. The predicted octanol–water partition coefficient (Wildman–Crippen LogP) is 3.72. The van der Waals surface area contributed by atoms with Crippen molar-refractivity contribution in [2.45, 2.75) is 51.4 Å². The molecular formula is C31H32F4N4O6.